The van der Waals surface area contributed by atoms with Crippen LogP contribution in [0.3, 0.4) is 0 Å². The lowest BCUT2D eigenvalue weighted by molar-refractivity contribution is -0.120. The molecule has 10 heteroatoms. The Labute approximate surface area is 206 Å². The fourth-order valence-electron chi connectivity index (χ4n) is 4.18. The summed E-state index contributed by atoms with van der Waals surface area (Å²) in [6, 6.07) is 7.85. The Balaban J connectivity index is 1.72. The van der Waals surface area contributed by atoms with Crippen LogP contribution < -0.4 is 20.3 Å². The monoisotopic (exact) mass is 494 g/mol. The summed E-state index contributed by atoms with van der Waals surface area (Å²) in [6.45, 7) is 2.23. The number of amides is 1. The predicted octanol–water partition coefficient (Wildman–Crippen LogP) is 3.01. The molecule has 35 heavy (non-hydrogen) atoms. The van der Waals surface area contributed by atoms with E-state index in [1.165, 1.54) is 37.7 Å². The molecule has 0 aliphatic heterocycles. The molecule has 7 nitrogen and oxygen atoms in total. The van der Waals surface area contributed by atoms with Gasteiger partial charge >= 0.3 is 7.12 Å². The first-order chi connectivity index (χ1) is 16.8. The number of halogens is 1. The quantitative estimate of drug-likeness (QED) is 0.417. The highest BCUT2D eigenvalue weighted by atomic mass is 32.1. The molecule has 3 N–H and O–H groups in total. The second-order valence-electron chi connectivity index (χ2n) is 7.94. The van der Waals surface area contributed by atoms with Crippen LogP contribution in [0.15, 0.2) is 47.5 Å². The van der Waals surface area contributed by atoms with Crippen molar-refractivity contribution in [3.63, 3.8) is 0 Å². The van der Waals surface area contributed by atoms with Crippen molar-refractivity contribution >= 4 is 47.0 Å². The zero-order valence-electron chi connectivity index (χ0n) is 19.5. The van der Waals surface area contributed by atoms with Gasteiger partial charge in [0.15, 0.2) is 0 Å². The number of hydrogen-bond donors (Lipinski definition) is 3. The molecule has 0 saturated heterocycles. The van der Waals surface area contributed by atoms with E-state index in [9.17, 15) is 19.2 Å². The molecule has 180 valence electrons. The van der Waals surface area contributed by atoms with Crippen molar-refractivity contribution < 1.29 is 28.7 Å². The van der Waals surface area contributed by atoms with Crippen molar-refractivity contribution in [1.29, 1.82) is 0 Å². The SMILES string of the molecule is COc1cc(/C=C2/C(C)=C(CC(=O)NCc3nccs3)c3cc(F)ccc32)cc(OC)c1B(O)O. The molecule has 1 aliphatic rings. The molecule has 3 aromatic rings. The van der Waals surface area contributed by atoms with Crippen molar-refractivity contribution in [3.8, 4) is 11.5 Å². The van der Waals surface area contributed by atoms with Crippen molar-refractivity contribution in [3.05, 3.63) is 75.0 Å². The zero-order valence-corrected chi connectivity index (χ0v) is 20.3. The molecule has 0 fully saturated rings. The Hall–Kier alpha value is -3.47. The van der Waals surface area contributed by atoms with Gasteiger partial charge in [0.1, 0.15) is 22.3 Å². The van der Waals surface area contributed by atoms with Gasteiger partial charge in [0.25, 0.3) is 0 Å². The molecular weight excluding hydrogens is 470 g/mol. The maximum absolute atomic E-state index is 14.2. The van der Waals surface area contributed by atoms with Gasteiger partial charge in [-0.15, -0.1) is 11.3 Å². The third-order valence-electron chi connectivity index (χ3n) is 5.85. The number of methoxy groups -OCH3 is 2. The van der Waals surface area contributed by atoms with Gasteiger partial charge in [0.05, 0.1) is 32.6 Å². The average Bonchev–Trinajstić information content (AvgIpc) is 3.44. The number of benzene rings is 2. The number of carbonyl (C=O) groups excluding carboxylic acids is 1. The number of hydrogen-bond acceptors (Lipinski definition) is 7. The summed E-state index contributed by atoms with van der Waals surface area (Å²) in [5.74, 6) is -0.0577. The lowest BCUT2D eigenvalue weighted by atomic mass is 9.78. The van der Waals surface area contributed by atoms with Crippen molar-refractivity contribution in [2.75, 3.05) is 14.2 Å². The summed E-state index contributed by atoms with van der Waals surface area (Å²) in [7, 11) is 1.09. The Morgan fingerprint density at radius 1 is 1.17 bits per heavy atom. The lowest BCUT2D eigenvalue weighted by Crippen LogP contribution is -2.32. The van der Waals surface area contributed by atoms with Crippen LogP contribution in [0.2, 0.25) is 0 Å². The Kier molecular flexibility index (Phi) is 7.35. The van der Waals surface area contributed by atoms with Crippen LogP contribution in [-0.2, 0) is 11.3 Å². The van der Waals surface area contributed by atoms with Crippen molar-refractivity contribution in [2.24, 2.45) is 0 Å². The second-order valence-corrected chi connectivity index (χ2v) is 8.92. The molecule has 0 atom stereocenters. The highest BCUT2D eigenvalue weighted by Crippen LogP contribution is 2.44. The van der Waals surface area contributed by atoms with E-state index < -0.39 is 7.12 Å². The molecule has 1 aliphatic carbocycles. The number of ether oxygens (including phenoxy) is 2. The third-order valence-corrected chi connectivity index (χ3v) is 6.63. The Bertz CT molecular complexity index is 1300. The topological polar surface area (TPSA) is 101 Å². The number of rotatable bonds is 8. The van der Waals surface area contributed by atoms with E-state index in [2.05, 4.69) is 10.3 Å². The largest absolute Gasteiger partial charge is 0.497 e. The van der Waals surface area contributed by atoms with Crippen molar-refractivity contribution in [2.45, 2.75) is 19.9 Å². The minimum atomic E-state index is -1.77. The van der Waals surface area contributed by atoms with E-state index in [0.717, 1.165) is 27.3 Å². The molecule has 1 heterocycles. The van der Waals surface area contributed by atoms with Crippen LogP contribution in [-0.4, -0.2) is 42.3 Å². The molecule has 0 unspecified atom stereocenters. The summed E-state index contributed by atoms with van der Waals surface area (Å²) in [5.41, 5.74) is 4.68. The van der Waals surface area contributed by atoms with Crippen molar-refractivity contribution in [1.82, 2.24) is 10.3 Å². The molecule has 2 aromatic carbocycles. The Morgan fingerprint density at radius 2 is 1.89 bits per heavy atom. The van der Waals surface area contributed by atoms with E-state index in [1.54, 1.807) is 24.4 Å². The van der Waals surface area contributed by atoms with Gasteiger partial charge in [-0.1, -0.05) is 6.07 Å². The van der Waals surface area contributed by atoms with Crippen LogP contribution in [0.25, 0.3) is 17.2 Å². The van der Waals surface area contributed by atoms with E-state index in [0.29, 0.717) is 17.7 Å². The van der Waals surface area contributed by atoms with E-state index in [4.69, 9.17) is 9.47 Å². The van der Waals surface area contributed by atoms with Crippen LogP contribution in [0.4, 0.5) is 4.39 Å². The van der Waals surface area contributed by atoms with Crippen LogP contribution in [0.5, 0.6) is 11.5 Å². The van der Waals surface area contributed by atoms with Gasteiger partial charge in [-0.05, 0) is 70.7 Å². The number of allylic oxidation sites excluding steroid dienone is 2. The first-order valence-electron chi connectivity index (χ1n) is 10.8. The van der Waals surface area contributed by atoms with Gasteiger partial charge in [0.2, 0.25) is 5.91 Å². The highest BCUT2D eigenvalue weighted by Gasteiger charge is 2.27. The molecule has 0 bridgehead atoms. The van der Waals surface area contributed by atoms with Gasteiger partial charge < -0.3 is 24.8 Å². The summed E-state index contributed by atoms with van der Waals surface area (Å²) in [5, 5.41) is 25.0. The zero-order chi connectivity index (χ0) is 25.1. The van der Waals surface area contributed by atoms with Crippen LogP contribution in [0.1, 0.15) is 35.0 Å². The number of fused-ring (bicyclic) bond motifs is 1. The fraction of sp³-hybridized carbons (Fsp3) is 0.200. The maximum atomic E-state index is 14.2. The average molecular weight is 494 g/mol. The van der Waals surface area contributed by atoms with Gasteiger partial charge in [-0.25, -0.2) is 9.37 Å². The minimum absolute atomic E-state index is 0.0906. The normalized spacial score (nSPS) is 13.7. The molecular formula is C25H24BFN2O5S. The van der Waals surface area contributed by atoms with Gasteiger partial charge in [-0.2, -0.15) is 0 Å². The first kappa shape index (κ1) is 24.7. The third kappa shape index (κ3) is 5.14. The van der Waals surface area contributed by atoms with Crippen LogP contribution in [0, 0.1) is 5.82 Å². The summed E-state index contributed by atoms with van der Waals surface area (Å²) in [6.07, 6.45) is 3.65. The molecule has 1 aromatic heterocycles. The standard InChI is InChI=1S/C25H24BFN2O5S/c1-14-18(8-15-9-21(33-2)25(26(31)32)22(10-15)34-3)17-5-4-16(27)11-20(17)19(14)12-23(30)29-13-24-28-6-7-35-24/h4-11,31-32H,12-13H2,1-3H3,(H,29,30)/b18-8-. The minimum Gasteiger partial charge on any atom is -0.497 e. The van der Waals surface area contributed by atoms with E-state index in [1.807, 2.05) is 18.4 Å². The van der Waals surface area contributed by atoms with E-state index in [-0.39, 0.29) is 35.1 Å². The second kappa shape index (κ2) is 10.4. The van der Waals surface area contributed by atoms with Gasteiger partial charge in [-0.3, -0.25) is 4.79 Å². The Morgan fingerprint density at radius 3 is 2.49 bits per heavy atom. The number of nitrogens with zero attached hydrogens (tertiary/aromatic N) is 1. The molecule has 1 amide bonds. The maximum Gasteiger partial charge on any atom is 0.496 e. The number of carbonyl (C=O) groups is 1. The van der Waals surface area contributed by atoms with Crippen LogP contribution >= 0.6 is 11.3 Å². The first-order valence-corrected chi connectivity index (χ1v) is 11.7. The molecule has 4 rings (SSSR count). The highest BCUT2D eigenvalue weighted by molar-refractivity contribution is 7.09. The molecule has 0 saturated carbocycles. The lowest BCUT2D eigenvalue weighted by Gasteiger charge is -2.14. The molecule has 0 radical (unpaired) electrons. The fourth-order valence-corrected chi connectivity index (χ4v) is 4.74. The molecule has 0 spiro atoms. The number of nitrogens with one attached hydrogen (secondary N) is 1. The predicted molar refractivity (Wildman–Crippen MR) is 135 cm³/mol. The number of aromatic nitrogens is 1. The summed E-state index contributed by atoms with van der Waals surface area (Å²) >= 11 is 1.46. The van der Waals surface area contributed by atoms with Gasteiger partial charge in [0, 0.05) is 11.6 Å². The number of thiazole rings is 1. The summed E-state index contributed by atoms with van der Waals surface area (Å²) in [4.78, 5) is 16.9. The smallest absolute Gasteiger partial charge is 0.496 e. The summed E-state index contributed by atoms with van der Waals surface area (Å²) < 4.78 is 24.9. The van der Waals surface area contributed by atoms with E-state index >= 15 is 0 Å².